The number of halogens is 1. The Labute approximate surface area is 211 Å². The van der Waals surface area contributed by atoms with Gasteiger partial charge in [-0.2, -0.15) is 4.98 Å². The van der Waals surface area contributed by atoms with Crippen LogP contribution in [-0.2, 0) is 4.79 Å². The number of fused-ring (bicyclic) bond motifs is 2. The number of hydrogen-bond donors (Lipinski definition) is 2. The predicted molar refractivity (Wildman–Crippen MR) is 135 cm³/mol. The van der Waals surface area contributed by atoms with Crippen molar-refractivity contribution in [2.75, 3.05) is 23.8 Å². The molecule has 9 nitrogen and oxygen atoms in total. The molecule has 2 aliphatic rings. The number of nitrogens with zero attached hydrogens (tertiary/aromatic N) is 4. The number of benzene rings is 2. The van der Waals surface area contributed by atoms with Crippen molar-refractivity contribution in [2.24, 2.45) is 0 Å². The second-order valence-corrected chi connectivity index (χ2v) is 8.76. The van der Waals surface area contributed by atoms with E-state index >= 15 is 0 Å². The van der Waals surface area contributed by atoms with E-state index in [-0.39, 0.29) is 5.91 Å². The summed E-state index contributed by atoms with van der Waals surface area (Å²) in [6.45, 7) is 2.79. The Morgan fingerprint density at radius 3 is 2.75 bits per heavy atom. The molecule has 36 heavy (non-hydrogen) atoms. The minimum atomic E-state index is -0.586. The summed E-state index contributed by atoms with van der Waals surface area (Å²) >= 11 is 6.32. The van der Waals surface area contributed by atoms with Gasteiger partial charge in [-0.1, -0.05) is 29.8 Å². The lowest BCUT2D eigenvalue weighted by Crippen LogP contribution is -2.31. The van der Waals surface area contributed by atoms with Crippen LogP contribution in [0.1, 0.15) is 18.5 Å². The van der Waals surface area contributed by atoms with Crippen LogP contribution >= 0.6 is 11.6 Å². The molecule has 4 aromatic rings. The van der Waals surface area contributed by atoms with Crippen LogP contribution in [0.3, 0.4) is 0 Å². The Kier molecular flexibility index (Phi) is 5.54. The smallest absolute Gasteiger partial charge is 0.255 e. The molecule has 2 aromatic heterocycles. The van der Waals surface area contributed by atoms with Gasteiger partial charge >= 0.3 is 0 Å². The highest BCUT2D eigenvalue weighted by Gasteiger charge is 2.35. The van der Waals surface area contributed by atoms with Crippen LogP contribution in [0.2, 0.25) is 5.02 Å². The summed E-state index contributed by atoms with van der Waals surface area (Å²) in [7, 11) is 0. The second-order valence-electron chi connectivity index (χ2n) is 8.35. The van der Waals surface area contributed by atoms with Gasteiger partial charge in [-0.3, -0.25) is 9.78 Å². The zero-order valence-electron chi connectivity index (χ0n) is 19.2. The molecule has 0 saturated carbocycles. The number of pyridine rings is 1. The van der Waals surface area contributed by atoms with Crippen LogP contribution in [0, 0.1) is 0 Å². The molecule has 0 spiro atoms. The number of para-hydroxylation sites is 1. The molecule has 10 heteroatoms. The lowest BCUT2D eigenvalue weighted by atomic mass is 9.94. The highest BCUT2D eigenvalue weighted by molar-refractivity contribution is 6.33. The van der Waals surface area contributed by atoms with Gasteiger partial charge in [0.05, 0.1) is 16.3 Å². The highest BCUT2D eigenvalue weighted by atomic mass is 35.5. The number of carbonyl (C=O) groups is 1. The number of ether oxygens (including phenoxy) is 2. The average Bonchev–Trinajstić information content (AvgIpc) is 3.33. The fourth-order valence-electron chi connectivity index (χ4n) is 4.35. The first kappa shape index (κ1) is 22.1. The van der Waals surface area contributed by atoms with E-state index in [1.807, 2.05) is 49.4 Å². The molecule has 0 saturated heterocycles. The fourth-order valence-corrected chi connectivity index (χ4v) is 4.54. The molecule has 0 radical (unpaired) electrons. The predicted octanol–water partition coefficient (Wildman–Crippen LogP) is 4.69. The first-order valence-electron chi connectivity index (χ1n) is 11.4. The minimum Gasteiger partial charge on any atom is -0.486 e. The van der Waals surface area contributed by atoms with E-state index in [4.69, 9.17) is 26.2 Å². The molecule has 4 heterocycles. The number of carbonyl (C=O) groups excluding carboxylic acids is 1. The van der Waals surface area contributed by atoms with Gasteiger partial charge in [-0.25, -0.2) is 4.68 Å². The molecule has 2 aliphatic heterocycles. The second kappa shape index (κ2) is 9.01. The molecule has 1 unspecified atom stereocenters. The molecule has 180 valence electrons. The van der Waals surface area contributed by atoms with Gasteiger partial charge in [0.2, 0.25) is 5.95 Å². The van der Waals surface area contributed by atoms with Crippen molar-refractivity contribution in [3.8, 4) is 22.9 Å². The average molecular weight is 501 g/mol. The summed E-state index contributed by atoms with van der Waals surface area (Å²) < 4.78 is 13.2. The van der Waals surface area contributed by atoms with Crippen molar-refractivity contribution >= 4 is 29.1 Å². The minimum absolute atomic E-state index is 0.308. The summed E-state index contributed by atoms with van der Waals surface area (Å²) in [5.41, 5.74) is 3.21. The zero-order chi connectivity index (χ0) is 24.6. The Morgan fingerprint density at radius 1 is 1.11 bits per heavy atom. The molecule has 0 aliphatic carbocycles. The third kappa shape index (κ3) is 3.93. The van der Waals surface area contributed by atoms with Crippen LogP contribution < -0.4 is 20.1 Å². The summed E-state index contributed by atoms with van der Waals surface area (Å²) in [6.07, 6.45) is 3.39. The van der Waals surface area contributed by atoms with E-state index in [0.29, 0.717) is 58.5 Å². The van der Waals surface area contributed by atoms with Gasteiger partial charge in [0, 0.05) is 23.7 Å². The molecule has 1 atom stereocenters. The van der Waals surface area contributed by atoms with Crippen molar-refractivity contribution in [2.45, 2.75) is 13.0 Å². The van der Waals surface area contributed by atoms with Crippen LogP contribution in [0.25, 0.3) is 11.4 Å². The van der Waals surface area contributed by atoms with E-state index in [1.165, 1.54) is 0 Å². The van der Waals surface area contributed by atoms with Crippen molar-refractivity contribution < 1.29 is 14.3 Å². The largest absolute Gasteiger partial charge is 0.486 e. The van der Waals surface area contributed by atoms with Gasteiger partial charge in [-0.05, 0) is 48.9 Å². The topological polar surface area (TPSA) is 103 Å². The molecule has 1 amide bonds. The molecule has 0 fully saturated rings. The summed E-state index contributed by atoms with van der Waals surface area (Å²) in [5, 5.41) is 11.4. The van der Waals surface area contributed by atoms with Gasteiger partial charge in [0.25, 0.3) is 5.91 Å². The quantitative estimate of drug-likeness (QED) is 0.419. The van der Waals surface area contributed by atoms with E-state index in [1.54, 1.807) is 29.2 Å². The van der Waals surface area contributed by atoms with Crippen molar-refractivity contribution in [1.29, 1.82) is 0 Å². The number of allylic oxidation sites excluding steroid dienone is 1. The van der Waals surface area contributed by atoms with Gasteiger partial charge < -0.3 is 20.1 Å². The van der Waals surface area contributed by atoms with E-state index in [2.05, 4.69) is 20.6 Å². The molecular weight excluding hydrogens is 480 g/mol. The Bertz CT molecular complexity index is 1500. The summed E-state index contributed by atoms with van der Waals surface area (Å²) in [5.74, 6) is 1.98. The lowest BCUT2D eigenvalue weighted by Gasteiger charge is -2.29. The number of aromatic nitrogens is 4. The Hall–Kier alpha value is -4.37. The van der Waals surface area contributed by atoms with Crippen molar-refractivity contribution in [1.82, 2.24) is 19.7 Å². The Balaban J connectivity index is 1.47. The molecule has 0 bridgehead atoms. The first-order chi connectivity index (χ1) is 17.6. The zero-order valence-corrected chi connectivity index (χ0v) is 20.0. The molecule has 2 aromatic carbocycles. The van der Waals surface area contributed by atoms with E-state index < -0.39 is 6.04 Å². The van der Waals surface area contributed by atoms with E-state index in [0.717, 1.165) is 11.1 Å². The van der Waals surface area contributed by atoms with Crippen LogP contribution in [0.5, 0.6) is 11.5 Å². The Morgan fingerprint density at radius 2 is 1.94 bits per heavy atom. The molecule has 6 rings (SSSR count). The standard InChI is InChI=1S/C26H21ClN6O3/c1-15-22(25(34)30-19-7-3-2-6-18(19)27)23(16-8-9-20-21(13-16)36-12-11-35-20)33-26(29-15)31-24(32-33)17-5-4-10-28-14-17/h2-10,13-14,23H,11-12H2,1H3,(H,30,34)(H,29,31,32). The van der Waals surface area contributed by atoms with Gasteiger partial charge in [-0.15, -0.1) is 5.10 Å². The third-order valence-corrected chi connectivity index (χ3v) is 6.35. The van der Waals surface area contributed by atoms with Crippen LogP contribution in [0.15, 0.2) is 78.3 Å². The van der Waals surface area contributed by atoms with Gasteiger partial charge in [0.15, 0.2) is 17.3 Å². The third-order valence-electron chi connectivity index (χ3n) is 6.02. The SMILES string of the molecule is CC1=C(C(=O)Nc2ccccc2Cl)C(c2ccc3c(c2)OCCO3)n2nc(-c3cccnc3)nc2N1. The number of nitrogens with one attached hydrogen (secondary N) is 2. The normalized spacial score (nSPS) is 16.2. The van der Waals surface area contributed by atoms with Crippen LogP contribution in [-0.4, -0.2) is 38.9 Å². The number of anilines is 2. The first-order valence-corrected chi connectivity index (χ1v) is 11.8. The van der Waals surface area contributed by atoms with Crippen molar-refractivity contribution in [3.05, 3.63) is 88.8 Å². The molecular formula is C26H21ClN6O3. The van der Waals surface area contributed by atoms with Gasteiger partial charge in [0.1, 0.15) is 19.3 Å². The fraction of sp³-hybridized carbons (Fsp3) is 0.154. The van der Waals surface area contributed by atoms with E-state index in [9.17, 15) is 4.79 Å². The summed E-state index contributed by atoms with van der Waals surface area (Å²) in [4.78, 5) is 22.6. The number of rotatable bonds is 4. The number of amides is 1. The maximum Gasteiger partial charge on any atom is 0.255 e. The lowest BCUT2D eigenvalue weighted by molar-refractivity contribution is -0.113. The summed E-state index contributed by atoms with van der Waals surface area (Å²) in [6, 6.07) is 15.9. The maximum atomic E-state index is 13.7. The highest BCUT2D eigenvalue weighted by Crippen LogP contribution is 2.40. The number of hydrogen-bond acceptors (Lipinski definition) is 7. The van der Waals surface area contributed by atoms with Crippen molar-refractivity contribution in [3.63, 3.8) is 0 Å². The maximum absolute atomic E-state index is 13.7. The monoisotopic (exact) mass is 500 g/mol. The van der Waals surface area contributed by atoms with Crippen LogP contribution in [0.4, 0.5) is 11.6 Å². The molecule has 2 N–H and O–H groups in total.